The summed E-state index contributed by atoms with van der Waals surface area (Å²) in [7, 11) is 0. The molecule has 1 N–H and O–H groups in total. The fourth-order valence-electron chi connectivity index (χ4n) is 2.67. The Morgan fingerprint density at radius 1 is 1.42 bits per heavy atom. The Morgan fingerprint density at radius 3 is 2.89 bits per heavy atom. The first-order valence-electron chi connectivity index (χ1n) is 6.76. The number of pyridine rings is 1. The van der Waals surface area contributed by atoms with E-state index in [0.29, 0.717) is 5.82 Å². The van der Waals surface area contributed by atoms with E-state index >= 15 is 0 Å². The lowest BCUT2D eigenvalue weighted by molar-refractivity contribution is -0.384. The van der Waals surface area contributed by atoms with Crippen molar-refractivity contribution in [1.82, 2.24) is 9.88 Å². The molecular formula is C13H18N4O2. The van der Waals surface area contributed by atoms with E-state index in [0.717, 1.165) is 31.2 Å². The first-order valence-corrected chi connectivity index (χ1v) is 6.76. The van der Waals surface area contributed by atoms with Crippen molar-refractivity contribution in [3.63, 3.8) is 0 Å². The van der Waals surface area contributed by atoms with Crippen LogP contribution in [0.3, 0.4) is 0 Å². The third kappa shape index (κ3) is 2.68. The number of aryl methyl sites for hydroxylation is 1. The molecule has 2 fully saturated rings. The zero-order valence-corrected chi connectivity index (χ0v) is 11.0. The molecule has 2 heterocycles. The van der Waals surface area contributed by atoms with E-state index in [1.54, 1.807) is 6.07 Å². The summed E-state index contributed by atoms with van der Waals surface area (Å²) in [5.74, 6) is 0.410. The number of hydrogen-bond acceptors (Lipinski definition) is 5. The molecule has 1 saturated carbocycles. The number of anilines is 1. The van der Waals surface area contributed by atoms with Gasteiger partial charge in [0, 0.05) is 36.9 Å². The molecule has 19 heavy (non-hydrogen) atoms. The molecule has 6 nitrogen and oxygen atoms in total. The smallest absolute Gasteiger partial charge is 0.311 e. The zero-order valence-electron chi connectivity index (χ0n) is 11.0. The molecule has 0 bridgehead atoms. The number of aromatic nitrogens is 1. The first-order chi connectivity index (χ1) is 9.13. The van der Waals surface area contributed by atoms with E-state index in [1.807, 2.05) is 6.92 Å². The highest BCUT2D eigenvalue weighted by Crippen LogP contribution is 2.31. The van der Waals surface area contributed by atoms with E-state index in [9.17, 15) is 10.1 Å². The summed E-state index contributed by atoms with van der Waals surface area (Å²) >= 11 is 0. The average Bonchev–Trinajstić information content (AvgIpc) is 3.10. The van der Waals surface area contributed by atoms with E-state index in [1.165, 1.54) is 18.9 Å². The monoisotopic (exact) mass is 262 g/mol. The fraction of sp³-hybridized carbons (Fsp3) is 0.615. The van der Waals surface area contributed by atoms with E-state index in [4.69, 9.17) is 0 Å². The highest BCUT2D eigenvalue weighted by molar-refractivity contribution is 5.56. The van der Waals surface area contributed by atoms with E-state index < -0.39 is 0 Å². The van der Waals surface area contributed by atoms with Crippen LogP contribution in [0.2, 0.25) is 0 Å². The topological polar surface area (TPSA) is 71.3 Å². The van der Waals surface area contributed by atoms with Crippen molar-refractivity contribution in [3.05, 3.63) is 27.9 Å². The lowest BCUT2D eigenvalue weighted by atomic mass is 10.2. The van der Waals surface area contributed by atoms with Crippen molar-refractivity contribution in [2.45, 2.75) is 38.3 Å². The summed E-state index contributed by atoms with van der Waals surface area (Å²) in [6.07, 6.45) is 3.63. The minimum atomic E-state index is -0.373. The maximum Gasteiger partial charge on any atom is 0.311 e. The van der Waals surface area contributed by atoms with Gasteiger partial charge in [-0.25, -0.2) is 4.98 Å². The summed E-state index contributed by atoms with van der Waals surface area (Å²) in [4.78, 5) is 17.4. The fourth-order valence-corrected chi connectivity index (χ4v) is 2.67. The van der Waals surface area contributed by atoms with Gasteiger partial charge in [-0.2, -0.15) is 0 Å². The quantitative estimate of drug-likeness (QED) is 0.663. The Labute approximate surface area is 112 Å². The van der Waals surface area contributed by atoms with Gasteiger partial charge in [-0.05, 0) is 32.3 Å². The molecule has 1 aliphatic carbocycles. The summed E-state index contributed by atoms with van der Waals surface area (Å²) in [6.45, 7) is 3.90. The largest absolute Gasteiger partial charge is 0.360 e. The van der Waals surface area contributed by atoms with Crippen LogP contribution in [0.25, 0.3) is 0 Å². The Morgan fingerprint density at radius 2 is 2.21 bits per heavy atom. The Kier molecular flexibility index (Phi) is 3.10. The molecule has 102 valence electrons. The Hall–Kier alpha value is -1.69. The molecule has 0 amide bonds. The highest BCUT2D eigenvalue weighted by Gasteiger charge is 2.35. The van der Waals surface area contributed by atoms with Crippen LogP contribution in [-0.4, -0.2) is 40.0 Å². The van der Waals surface area contributed by atoms with Crippen LogP contribution < -0.4 is 5.32 Å². The van der Waals surface area contributed by atoms with Gasteiger partial charge in [-0.3, -0.25) is 15.0 Å². The minimum Gasteiger partial charge on any atom is -0.360 e. The molecule has 3 rings (SSSR count). The molecule has 1 saturated heterocycles. The summed E-state index contributed by atoms with van der Waals surface area (Å²) in [5.41, 5.74) is 0.862. The zero-order chi connectivity index (χ0) is 13.4. The molecule has 1 aliphatic heterocycles. The third-order valence-corrected chi connectivity index (χ3v) is 3.83. The maximum atomic E-state index is 11.0. The molecule has 6 heteroatoms. The average molecular weight is 262 g/mol. The number of hydrogen-bond donors (Lipinski definition) is 1. The van der Waals surface area contributed by atoms with Gasteiger partial charge in [0.05, 0.1) is 4.92 Å². The lowest BCUT2D eigenvalue weighted by Gasteiger charge is -2.16. The molecule has 1 atom stereocenters. The van der Waals surface area contributed by atoms with Gasteiger partial charge in [0.1, 0.15) is 0 Å². The number of nitrogens with zero attached hydrogens (tertiary/aromatic N) is 3. The van der Waals surface area contributed by atoms with E-state index in [-0.39, 0.29) is 16.7 Å². The van der Waals surface area contributed by atoms with Gasteiger partial charge in [0.15, 0.2) is 0 Å². The van der Waals surface area contributed by atoms with Crippen LogP contribution in [0, 0.1) is 17.0 Å². The van der Waals surface area contributed by atoms with Crippen LogP contribution >= 0.6 is 0 Å². The Balaban J connectivity index is 1.72. The van der Waals surface area contributed by atoms with Gasteiger partial charge in [0.2, 0.25) is 5.82 Å². The lowest BCUT2D eigenvalue weighted by Crippen LogP contribution is -2.28. The summed E-state index contributed by atoms with van der Waals surface area (Å²) in [5, 5.41) is 14.3. The van der Waals surface area contributed by atoms with Crippen molar-refractivity contribution in [1.29, 1.82) is 0 Å². The predicted octanol–water partition coefficient (Wildman–Crippen LogP) is 1.95. The molecule has 0 aromatic carbocycles. The van der Waals surface area contributed by atoms with Gasteiger partial charge in [-0.15, -0.1) is 0 Å². The van der Waals surface area contributed by atoms with Crippen LogP contribution in [0.1, 0.15) is 25.0 Å². The molecule has 2 aliphatic rings. The molecule has 1 aromatic rings. The van der Waals surface area contributed by atoms with Crippen LogP contribution in [0.15, 0.2) is 12.1 Å². The standard InChI is InChI=1S/C13H18N4O2/c1-9-2-5-12(17(18)19)13(14-9)15-10-6-7-16(8-10)11-3-4-11/h2,5,10-11H,3-4,6-8H2,1H3,(H,14,15). The van der Waals surface area contributed by atoms with Gasteiger partial charge >= 0.3 is 5.69 Å². The highest BCUT2D eigenvalue weighted by atomic mass is 16.6. The van der Waals surface area contributed by atoms with Gasteiger partial charge < -0.3 is 5.32 Å². The van der Waals surface area contributed by atoms with Crippen molar-refractivity contribution in [2.24, 2.45) is 0 Å². The van der Waals surface area contributed by atoms with Crippen molar-refractivity contribution >= 4 is 11.5 Å². The normalized spacial score (nSPS) is 23.5. The summed E-state index contributed by atoms with van der Waals surface area (Å²) in [6, 6.07) is 4.23. The van der Waals surface area contributed by atoms with Crippen LogP contribution in [-0.2, 0) is 0 Å². The number of rotatable bonds is 4. The van der Waals surface area contributed by atoms with E-state index in [2.05, 4.69) is 15.2 Å². The molecule has 0 spiro atoms. The number of likely N-dealkylation sites (tertiary alicyclic amines) is 1. The second kappa shape index (κ2) is 4.77. The van der Waals surface area contributed by atoms with Gasteiger partial charge in [0.25, 0.3) is 0 Å². The van der Waals surface area contributed by atoms with Crippen LogP contribution in [0.5, 0.6) is 0 Å². The third-order valence-electron chi connectivity index (χ3n) is 3.83. The predicted molar refractivity (Wildman–Crippen MR) is 72.3 cm³/mol. The number of nitro groups is 1. The maximum absolute atomic E-state index is 11.0. The first kappa shape index (κ1) is 12.3. The van der Waals surface area contributed by atoms with Crippen LogP contribution in [0.4, 0.5) is 11.5 Å². The second-order valence-corrected chi connectivity index (χ2v) is 5.43. The van der Waals surface area contributed by atoms with Crippen molar-refractivity contribution in [2.75, 3.05) is 18.4 Å². The minimum absolute atomic E-state index is 0.0653. The molecular weight excluding hydrogens is 244 g/mol. The van der Waals surface area contributed by atoms with Gasteiger partial charge in [-0.1, -0.05) is 0 Å². The van der Waals surface area contributed by atoms with Crippen molar-refractivity contribution in [3.8, 4) is 0 Å². The Bertz CT molecular complexity index is 501. The molecule has 1 unspecified atom stereocenters. The second-order valence-electron chi connectivity index (χ2n) is 5.43. The number of nitrogens with one attached hydrogen (secondary N) is 1. The van der Waals surface area contributed by atoms with Crippen molar-refractivity contribution < 1.29 is 4.92 Å². The molecule has 0 radical (unpaired) electrons. The summed E-state index contributed by atoms with van der Waals surface area (Å²) < 4.78 is 0. The molecule has 1 aromatic heterocycles. The SMILES string of the molecule is Cc1ccc([N+](=O)[O-])c(NC2CCN(C3CC3)C2)n1.